The maximum atomic E-state index is 12.8. The van der Waals surface area contributed by atoms with Crippen LogP contribution in [0.5, 0.6) is 0 Å². The second-order valence-corrected chi connectivity index (χ2v) is 7.90. The molecule has 5 nitrogen and oxygen atoms in total. The van der Waals surface area contributed by atoms with E-state index >= 15 is 0 Å². The number of aryl methyl sites for hydroxylation is 1. The highest BCUT2D eigenvalue weighted by atomic mass is 16.5. The highest BCUT2D eigenvalue weighted by Crippen LogP contribution is 2.42. The molecule has 2 unspecified atom stereocenters. The van der Waals surface area contributed by atoms with Crippen LogP contribution in [-0.4, -0.2) is 36.2 Å². The molecule has 2 amide bonds. The summed E-state index contributed by atoms with van der Waals surface area (Å²) in [6, 6.07) is 8.10. The molecule has 2 aromatic rings. The quantitative estimate of drug-likeness (QED) is 0.922. The lowest BCUT2D eigenvalue weighted by Gasteiger charge is -2.56. The van der Waals surface area contributed by atoms with Gasteiger partial charge in [0, 0.05) is 36.1 Å². The molecule has 2 atom stereocenters. The van der Waals surface area contributed by atoms with Crippen LogP contribution in [-0.2, 0) is 11.3 Å². The summed E-state index contributed by atoms with van der Waals surface area (Å²) in [7, 11) is 0. The Kier molecular flexibility index (Phi) is 3.99. The molecule has 3 heterocycles. The number of hydrogen-bond acceptors (Lipinski definition) is 3. The standard InChI is InChI=1S/C20H26N2O3/c1-13-15(14-7-4-5-8-16(14)25-13)11-21-19(23)22-12-20(2,3)18(22)17-9-6-10-24-17/h4-5,7-8,17-18H,6,9-12H2,1-3H3,(H,21,23). The van der Waals surface area contributed by atoms with Crippen LogP contribution in [0.4, 0.5) is 4.79 Å². The molecule has 0 radical (unpaired) electrons. The van der Waals surface area contributed by atoms with Gasteiger partial charge < -0.3 is 19.4 Å². The number of amides is 2. The van der Waals surface area contributed by atoms with Crippen LogP contribution in [0.2, 0.25) is 0 Å². The summed E-state index contributed by atoms with van der Waals surface area (Å²) in [5.41, 5.74) is 2.04. The number of likely N-dealkylation sites (tertiary alicyclic amines) is 1. The molecule has 1 N–H and O–H groups in total. The van der Waals surface area contributed by atoms with E-state index in [1.54, 1.807) is 0 Å². The third-order valence-corrected chi connectivity index (χ3v) is 5.61. The van der Waals surface area contributed by atoms with Gasteiger partial charge in [-0.2, -0.15) is 0 Å². The van der Waals surface area contributed by atoms with Crippen molar-refractivity contribution < 1.29 is 13.9 Å². The maximum Gasteiger partial charge on any atom is 0.318 e. The van der Waals surface area contributed by atoms with E-state index < -0.39 is 0 Å². The average Bonchev–Trinajstić information content (AvgIpc) is 3.18. The predicted molar refractivity (Wildman–Crippen MR) is 96.4 cm³/mol. The molecule has 5 heteroatoms. The monoisotopic (exact) mass is 342 g/mol. The second-order valence-electron chi connectivity index (χ2n) is 7.90. The Balaban J connectivity index is 1.46. The van der Waals surface area contributed by atoms with Gasteiger partial charge in [-0.1, -0.05) is 32.0 Å². The van der Waals surface area contributed by atoms with Gasteiger partial charge in [0.1, 0.15) is 11.3 Å². The lowest BCUT2D eigenvalue weighted by atomic mass is 9.72. The minimum Gasteiger partial charge on any atom is -0.461 e. The third kappa shape index (κ3) is 2.80. The smallest absolute Gasteiger partial charge is 0.318 e. The van der Waals surface area contributed by atoms with Gasteiger partial charge in [0.25, 0.3) is 0 Å². The van der Waals surface area contributed by atoms with E-state index in [0.717, 1.165) is 48.3 Å². The van der Waals surface area contributed by atoms with E-state index in [1.807, 2.05) is 36.1 Å². The highest BCUT2D eigenvalue weighted by Gasteiger charge is 2.52. The summed E-state index contributed by atoms with van der Waals surface area (Å²) in [6.45, 7) is 8.45. The number of nitrogens with one attached hydrogen (secondary N) is 1. The lowest BCUT2D eigenvalue weighted by Crippen LogP contribution is -2.69. The normalized spacial score (nSPS) is 25.2. The molecule has 1 aromatic carbocycles. The minimum atomic E-state index is -0.00972. The number of carbonyl (C=O) groups is 1. The van der Waals surface area contributed by atoms with Gasteiger partial charge in [-0.15, -0.1) is 0 Å². The minimum absolute atomic E-state index is 0.00972. The van der Waals surface area contributed by atoms with Crippen LogP contribution in [0.3, 0.4) is 0 Å². The Morgan fingerprint density at radius 3 is 2.88 bits per heavy atom. The molecule has 0 saturated carbocycles. The number of furan rings is 1. The topological polar surface area (TPSA) is 54.7 Å². The van der Waals surface area contributed by atoms with Crippen molar-refractivity contribution in [1.29, 1.82) is 0 Å². The van der Waals surface area contributed by atoms with E-state index in [-0.39, 0.29) is 23.6 Å². The molecule has 4 rings (SSSR count). The maximum absolute atomic E-state index is 12.8. The number of fused-ring (bicyclic) bond motifs is 1. The van der Waals surface area contributed by atoms with Crippen LogP contribution < -0.4 is 5.32 Å². The fraction of sp³-hybridized carbons (Fsp3) is 0.550. The molecule has 0 spiro atoms. The van der Waals surface area contributed by atoms with Crippen LogP contribution in [0, 0.1) is 12.3 Å². The first-order chi connectivity index (χ1) is 12.0. The van der Waals surface area contributed by atoms with E-state index in [4.69, 9.17) is 9.15 Å². The van der Waals surface area contributed by atoms with Gasteiger partial charge in [-0.3, -0.25) is 0 Å². The first-order valence-corrected chi connectivity index (χ1v) is 9.10. The summed E-state index contributed by atoms with van der Waals surface area (Å²) in [4.78, 5) is 14.7. The van der Waals surface area contributed by atoms with Crippen molar-refractivity contribution >= 4 is 17.0 Å². The summed E-state index contributed by atoms with van der Waals surface area (Å²) in [5, 5.41) is 4.15. The van der Waals surface area contributed by atoms with Gasteiger partial charge in [0.15, 0.2) is 0 Å². The summed E-state index contributed by atoms with van der Waals surface area (Å²) in [5.74, 6) is 0.862. The number of rotatable bonds is 3. The number of nitrogens with zero attached hydrogens (tertiary/aromatic N) is 1. The van der Waals surface area contributed by atoms with E-state index in [2.05, 4.69) is 19.2 Å². The van der Waals surface area contributed by atoms with Gasteiger partial charge >= 0.3 is 6.03 Å². The molecule has 0 bridgehead atoms. The number of hydrogen-bond donors (Lipinski definition) is 1. The molecular formula is C20H26N2O3. The number of urea groups is 1. The Hall–Kier alpha value is -2.01. The van der Waals surface area contributed by atoms with Crippen molar-refractivity contribution in [3.8, 4) is 0 Å². The Morgan fingerprint density at radius 2 is 2.16 bits per heavy atom. The zero-order chi connectivity index (χ0) is 17.6. The molecule has 2 saturated heterocycles. The fourth-order valence-electron chi connectivity index (χ4n) is 4.40. The zero-order valence-electron chi connectivity index (χ0n) is 15.2. The van der Waals surface area contributed by atoms with Gasteiger partial charge in [0.2, 0.25) is 0 Å². The Bertz CT molecular complexity index is 789. The van der Waals surface area contributed by atoms with Crippen LogP contribution in [0.15, 0.2) is 28.7 Å². The van der Waals surface area contributed by atoms with Crippen molar-refractivity contribution in [3.63, 3.8) is 0 Å². The zero-order valence-corrected chi connectivity index (χ0v) is 15.2. The van der Waals surface area contributed by atoms with Crippen LogP contribution in [0.25, 0.3) is 11.0 Å². The van der Waals surface area contributed by atoms with Crippen molar-refractivity contribution in [2.45, 2.75) is 52.3 Å². The van der Waals surface area contributed by atoms with Gasteiger partial charge in [-0.05, 0) is 25.8 Å². The van der Waals surface area contributed by atoms with Gasteiger partial charge in [-0.25, -0.2) is 4.79 Å². The molecule has 134 valence electrons. The Morgan fingerprint density at radius 1 is 1.36 bits per heavy atom. The number of carbonyl (C=O) groups excluding carboxylic acids is 1. The second kappa shape index (κ2) is 6.06. The lowest BCUT2D eigenvalue weighted by molar-refractivity contribution is -0.0910. The molecule has 0 aliphatic carbocycles. The third-order valence-electron chi connectivity index (χ3n) is 5.61. The summed E-state index contributed by atoms with van der Waals surface area (Å²) < 4.78 is 11.6. The van der Waals surface area contributed by atoms with Crippen LogP contribution in [0.1, 0.15) is 38.0 Å². The van der Waals surface area contributed by atoms with Gasteiger partial charge in [0.05, 0.1) is 12.1 Å². The molecule has 25 heavy (non-hydrogen) atoms. The largest absolute Gasteiger partial charge is 0.461 e. The van der Waals surface area contributed by atoms with Crippen molar-refractivity contribution in [2.75, 3.05) is 13.2 Å². The van der Waals surface area contributed by atoms with Crippen molar-refractivity contribution in [2.24, 2.45) is 5.41 Å². The summed E-state index contributed by atoms with van der Waals surface area (Å²) >= 11 is 0. The molecular weight excluding hydrogens is 316 g/mol. The molecule has 1 aromatic heterocycles. The number of benzene rings is 1. The SMILES string of the molecule is Cc1oc2ccccc2c1CNC(=O)N1CC(C)(C)C1C1CCCO1. The highest BCUT2D eigenvalue weighted by molar-refractivity contribution is 5.83. The first kappa shape index (κ1) is 16.5. The van der Waals surface area contributed by atoms with E-state index in [9.17, 15) is 4.79 Å². The van der Waals surface area contributed by atoms with Crippen LogP contribution >= 0.6 is 0 Å². The van der Waals surface area contributed by atoms with E-state index in [0.29, 0.717) is 6.54 Å². The predicted octanol–water partition coefficient (Wildman–Crippen LogP) is 3.84. The Labute approximate surface area is 148 Å². The first-order valence-electron chi connectivity index (χ1n) is 9.10. The molecule has 2 aliphatic heterocycles. The molecule has 2 fully saturated rings. The summed E-state index contributed by atoms with van der Waals surface area (Å²) in [6.07, 6.45) is 2.31. The molecule has 2 aliphatic rings. The fourth-order valence-corrected chi connectivity index (χ4v) is 4.40. The van der Waals surface area contributed by atoms with E-state index in [1.165, 1.54) is 0 Å². The average molecular weight is 342 g/mol. The van der Waals surface area contributed by atoms with Crippen molar-refractivity contribution in [3.05, 3.63) is 35.6 Å². The van der Waals surface area contributed by atoms with Crippen molar-refractivity contribution in [1.82, 2.24) is 10.2 Å². The number of para-hydroxylation sites is 1. The number of ether oxygens (including phenoxy) is 1.